The fraction of sp³-hybridized carbons (Fsp3) is 0.647. The van der Waals surface area contributed by atoms with E-state index >= 15 is 0 Å². The standard InChI is InChI=1S/C17H29NO2/c1-4-14(3)15-9-6-7-10-16(15)20-12-8-11-17(19,5-2)13-18/h6-7,9-10,14,19H,4-5,8,11-13,18H2,1-3H3. The monoisotopic (exact) mass is 279 g/mol. The second-order valence-corrected chi connectivity index (χ2v) is 5.58. The highest BCUT2D eigenvalue weighted by Crippen LogP contribution is 2.28. The van der Waals surface area contributed by atoms with Crippen LogP contribution in [0.3, 0.4) is 0 Å². The van der Waals surface area contributed by atoms with Crippen molar-refractivity contribution in [1.29, 1.82) is 0 Å². The van der Waals surface area contributed by atoms with Gasteiger partial charge in [-0.15, -0.1) is 0 Å². The molecule has 2 atom stereocenters. The molecule has 0 aromatic heterocycles. The first-order valence-electron chi connectivity index (χ1n) is 7.70. The first kappa shape index (κ1) is 17.0. The molecule has 1 aromatic carbocycles. The normalized spacial score (nSPS) is 15.7. The fourth-order valence-corrected chi connectivity index (χ4v) is 2.25. The van der Waals surface area contributed by atoms with E-state index in [1.54, 1.807) is 0 Å². The Morgan fingerprint density at radius 3 is 2.60 bits per heavy atom. The Labute approximate surface area is 123 Å². The lowest BCUT2D eigenvalue weighted by Crippen LogP contribution is -2.37. The average Bonchev–Trinajstić information content (AvgIpc) is 2.51. The van der Waals surface area contributed by atoms with Crippen LogP contribution in [0.1, 0.15) is 57.9 Å². The summed E-state index contributed by atoms with van der Waals surface area (Å²) in [5.74, 6) is 1.47. The van der Waals surface area contributed by atoms with E-state index in [0.717, 1.165) is 18.6 Å². The van der Waals surface area contributed by atoms with E-state index in [9.17, 15) is 5.11 Å². The van der Waals surface area contributed by atoms with Crippen molar-refractivity contribution in [2.75, 3.05) is 13.2 Å². The topological polar surface area (TPSA) is 55.5 Å². The maximum absolute atomic E-state index is 10.1. The van der Waals surface area contributed by atoms with Crippen LogP contribution in [0.4, 0.5) is 0 Å². The van der Waals surface area contributed by atoms with E-state index in [-0.39, 0.29) is 0 Å². The zero-order chi connectivity index (χ0) is 15.0. The number of hydrogen-bond acceptors (Lipinski definition) is 3. The summed E-state index contributed by atoms with van der Waals surface area (Å²) >= 11 is 0. The van der Waals surface area contributed by atoms with E-state index in [1.165, 1.54) is 5.56 Å². The number of nitrogens with two attached hydrogens (primary N) is 1. The molecular weight excluding hydrogens is 250 g/mol. The van der Waals surface area contributed by atoms with Crippen LogP contribution in [0.5, 0.6) is 5.75 Å². The van der Waals surface area contributed by atoms with Gasteiger partial charge in [-0.2, -0.15) is 0 Å². The minimum atomic E-state index is -0.737. The predicted octanol–water partition coefficient (Wildman–Crippen LogP) is 3.46. The van der Waals surface area contributed by atoms with Crippen LogP contribution in [-0.4, -0.2) is 23.9 Å². The second-order valence-electron chi connectivity index (χ2n) is 5.58. The van der Waals surface area contributed by atoms with E-state index in [0.29, 0.717) is 31.9 Å². The lowest BCUT2D eigenvalue weighted by Gasteiger charge is -2.24. The molecule has 0 fully saturated rings. The number of hydrogen-bond donors (Lipinski definition) is 2. The number of rotatable bonds is 9. The summed E-state index contributed by atoms with van der Waals surface area (Å²) in [7, 11) is 0. The van der Waals surface area contributed by atoms with Crippen LogP contribution in [-0.2, 0) is 0 Å². The van der Waals surface area contributed by atoms with E-state index in [1.807, 2.05) is 19.1 Å². The van der Waals surface area contributed by atoms with Crippen molar-refractivity contribution in [2.45, 2.75) is 58.0 Å². The molecule has 3 N–H and O–H groups in total. The maximum atomic E-state index is 10.1. The van der Waals surface area contributed by atoms with Gasteiger partial charge in [-0.25, -0.2) is 0 Å². The Bertz CT molecular complexity index is 388. The highest BCUT2D eigenvalue weighted by atomic mass is 16.5. The van der Waals surface area contributed by atoms with E-state index in [4.69, 9.17) is 10.5 Å². The van der Waals surface area contributed by atoms with Crippen LogP contribution in [0, 0.1) is 0 Å². The third kappa shape index (κ3) is 4.80. The largest absolute Gasteiger partial charge is 0.493 e. The molecule has 1 aromatic rings. The third-order valence-corrected chi connectivity index (χ3v) is 4.14. The van der Waals surface area contributed by atoms with Crippen molar-refractivity contribution in [3.8, 4) is 5.75 Å². The maximum Gasteiger partial charge on any atom is 0.122 e. The van der Waals surface area contributed by atoms with E-state index in [2.05, 4.69) is 26.0 Å². The molecule has 114 valence electrons. The number of ether oxygens (including phenoxy) is 1. The van der Waals surface area contributed by atoms with Crippen LogP contribution in [0.15, 0.2) is 24.3 Å². The molecule has 1 rings (SSSR count). The number of benzene rings is 1. The summed E-state index contributed by atoms with van der Waals surface area (Å²) in [6.45, 7) is 7.30. The summed E-state index contributed by atoms with van der Waals surface area (Å²) in [4.78, 5) is 0. The molecule has 0 spiro atoms. The van der Waals surface area contributed by atoms with Crippen molar-refractivity contribution < 1.29 is 9.84 Å². The average molecular weight is 279 g/mol. The number of aliphatic hydroxyl groups is 1. The van der Waals surface area contributed by atoms with Crippen LogP contribution >= 0.6 is 0 Å². The van der Waals surface area contributed by atoms with Crippen molar-refractivity contribution in [1.82, 2.24) is 0 Å². The van der Waals surface area contributed by atoms with Gasteiger partial charge in [0.05, 0.1) is 12.2 Å². The van der Waals surface area contributed by atoms with Gasteiger partial charge in [0.1, 0.15) is 5.75 Å². The molecule has 0 heterocycles. The van der Waals surface area contributed by atoms with E-state index < -0.39 is 5.60 Å². The molecule has 0 aliphatic heterocycles. The molecule has 0 aliphatic rings. The fourth-order valence-electron chi connectivity index (χ4n) is 2.25. The molecule has 0 radical (unpaired) electrons. The molecular formula is C17H29NO2. The summed E-state index contributed by atoms with van der Waals surface area (Å²) in [5, 5.41) is 10.1. The van der Waals surface area contributed by atoms with Crippen LogP contribution in [0.2, 0.25) is 0 Å². The summed E-state index contributed by atoms with van der Waals surface area (Å²) in [5.41, 5.74) is 6.13. The van der Waals surface area contributed by atoms with Gasteiger partial charge in [-0.1, -0.05) is 39.0 Å². The zero-order valence-corrected chi connectivity index (χ0v) is 13.1. The van der Waals surface area contributed by atoms with Crippen molar-refractivity contribution >= 4 is 0 Å². The number of para-hydroxylation sites is 1. The highest BCUT2D eigenvalue weighted by Gasteiger charge is 2.21. The summed E-state index contributed by atoms with van der Waals surface area (Å²) in [6.07, 6.45) is 3.29. The van der Waals surface area contributed by atoms with Gasteiger partial charge >= 0.3 is 0 Å². The predicted molar refractivity (Wildman–Crippen MR) is 84.2 cm³/mol. The minimum absolute atomic E-state index is 0.312. The molecule has 0 saturated heterocycles. The van der Waals surface area contributed by atoms with Crippen molar-refractivity contribution in [3.63, 3.8) is 0 Å². The molecule has 0 amide bonds. The molecule has 20 heavy (non-hydrogen) atoms. The van der Waals surface area contributed by atoms with Crippen LogP contribution < -0.4 is 10.5 Å². The Kier molecular flexibility index (Phi) is 7.03. The van der Waals surface area contributed by atoms with Crippen LogP contribution in [0.25, 0.3) is 0 Å². The quantitative estimate of drug-likeness (QED) is 0.681. The molecule has 0 bridgehead atoms. The summed E-state index contributed by atoms with van der Waals surface area (Å²) < 4.78 is 5.89. The highest BCUT2D eigenvalue weighted by molar-refractivity contribution is 5.35. The molecule has 0 aliphatic carbocycles. The molecule has 0 saturated carbocycles. The van der Waals surface area contributed by atoms with Gasteiger partial charge in [0, 0.05) is 6.54 Å². The Hall–Kier alpha value is -1.06. The Balaban J connectivity index is 2.50. The molecule has 3 nitrogen and oxygen atoms in total. The SMILES string of the molecule is CCC(C)c1ccccc1OCCCC(O)(CC)CN. The lowest BCUT2D eigenvalue weighted by molar-refractivity contribution is 0.0308. The van der Waals surface area contributed by atoms with Gasteiger partial charge in [0.2, 0.25) is 0 Å². The first-order chi connectivity index (χ1) is 9.56. The second kappa shape index (κ2) is 8.28. The first-order valence-corrected chi connectivity index (χ1v) is 7.70. The minimum Gasteiger partial charge on any atom is -0.493 e. The van der Waals surface area contributed by atoms with Gasteiger partial charge in [-0.3, -0.25) is 0 Å². The summed E-state index contributed by atoms with van der Waals surface area (Å²) in [6, 6.07) is 8.21. The van der Waals surface area contributed by atoms with Gasteiger partial charge in [0.25, 0.3) is 0 Å². The van der Waals surface area contributed by atoms with Crippen molar-refractivity contribution in [3.05, 3.63) is 29.8 Å². The van der Waals surface area contributed by atoms with Crippen molar-refractivity contribution in [2.24, 2.45) is 5.73 Å². The lowest BCUT2D eigenvalue weighted by atomic mass is 9.95. The van der Waals surface area contributed by atoms with Gasteiger partial charge < -0.3 is 15.6 Å². The Morgan fingerprint density at radius 1 is 1.30 bits per heavy atom. The molecule has 2 unspecified atom stereocenters. The zero-order valence-electron chi connectivity index (χ0n) is 13.1. The van der Waals surface area contributed by atoms with Gasteiger partial charge in [-0.05, 0) is 43.2 Å². The third-order valence-electron chi connectivity index (χ3n) is 4.14. The Morgan fingerprint density at radius 2 is 2.00 bits per heavy atom. The molecule has 3 heteroatoms. The smallest absolute Gasteiger partial charge is 0.122 e. The van der Waals surface area contributed by atoms with Gasteiger partial charge in [0.15, 0.2) is 0 Å².